The van der Waals surface area contributed by atoms with Gasteiger partial charge in [-0.2, -0.15) is 10.3 Å². The van der Waals surface area contributed by atoms with Gasteiger partial charge in [0.2, 0.25) is 5.91 Å². The standard InChI is InChI=1S/C12H12BrClN4O2/c13-8-3-4-10(9(14)6-8)20-5-1-2-12(19)16-11-7-15-18-17-11/h3-4,6-7H,1-2,5H2,(H2,15,16,17,18,19). The van der Waals surface area contributed by atoms with Gasteiger partial charge in [0.05, 0.1) is 17.8 Å². The molecule has 0 aliphatic carbocycles. The van der Waals surface area contributed by atoms with Crippen molar-refractivity contribution in [2.45, 2.75) is 12.8 Å². The maximum atomic E-state index is 11.6. The molecule has 0 spiro atoms. The number of carbonyl (C=O) groups is 1. The van der Waals surface area contributed by atoms with Crippen LogP contribution in [0.5, 0.6) is 5.75 Å². The molecule has 0 saturated carbocycles. The molecule has 0 fully saturated rings. The predicted molar refractivity (Wildman–Crippen MR) is 78.9 cm³/mol. The Morgan fingerprint density at radius 2 is 2.35 bits per heavy atom. The van der Waals surface area contributed by atoms with Crippen molar-refractivity contribution in [1.82, 2.24) is 15.4 Å². The van der Waals surface area contributed by atoms with E-state index >= 15 is 0 Å². The van der Waals surface area contributed by atoms with E-state index in [1.165, 1.54) is 6.20 Å². The van der Waals surface area contributed by atoms with E-state index in [2.05, 4.69) is 36.7 Å². The molecule has 2 aromatic rings. The summed E-state index contributed by atoms with van der Waals surface area (Å²) < 4.78 is 6.40. The molecule has 8 heteroatoms. The molecular weight excluding hydrogens is 348 g/mol. The SMILES string of the molecule is O=C(CCCOc1ccc(Br)cc1Cl)Nc1cn[nH]n1. The minimum atomic E-state index is -0.135. The Kier molecular flexibility index (Phi) is 5.37. The molecule has 0 unspecified atom stereocenters. The fraction of sp³-hybridized carbons (Fsp3) is 0.250. The molecule has 0 aliphatic rings. The van der Waals surface area contributed by atoms with E-state index in [0.29, 0.717) is 36.0 Å². The van der Waals surface area contributed by atoms with Crippen LogP contribution in [0, 0.1) is 0 Å². The van der Waals surface area contributed by atoms with E-state index in [1.807, 2.05) is 6.07 Å². The topological polar surface area (TPSA) is 79.9 Å². The highest BCUT2D eigenvalue weighted by molar-refractivity contribution is 9.10. The second-order valence-corrected chi connectivity index (χ2v) is 5.25. The second-order valence-electron chi connectivity index (χ2n) is 3.93. The van der Waals surface area contributed by atoms with Crippen LogP contribution in [0.3, 0.4) is 0 Å². The third-order valence-electron chi connectivity index (χ3n) is 2.38. The summed E-state index contributed by atoms with van der Waals surface area (Å²) in [5, 5.41) is 12.9. The van der Waals surface area contributed by atoms with Gasteiger partial charge in [-0.15, -0.1) is 5.10 Å². The first-order valence-corrected chi connectivity index (χ1v) is 7.06. The smallest absolute Gasteiger partial charge is 0.225 e. The number of aromatic nitrogens is 3. The zero-order chi connectivity index (χ0) is 14.4. The summed E-state index contributed by atoms with van der Waals surface area (Å²) in [5.41, 5.74) is 0. The van der Waals surface area contributed by atoms with Crippen molar-refractivity contribution < 1.29 is 9.53 Å². The summed E-state index contributed by atoms with van der Waals surface area (Å²) in [6.45, 7) is 0.410. The molecule has 106 valence electrons. The number of hydrogen-bond acceptors (Lipinski definition) is 4. The lowest BCUT2D eigenvalue weighted by atomic mass is 10.3. The van der Waals surface area contributed by atoms with Gasteiger partial charge in [-0.25, -0.2) is 0 Å². The maximum absolute atomic E-state index is 11.6. The molecule has 0 bridgehead atoms. The molecule has 1 heterocycles. The second kappa shape index (κ2) is 7.25. The molecule has 0 aliphatic heterocycles. The van der Waals surface area contributed by atoms with Gasteiger partial charge < -0.3 is 10.1 Å². The maximum Gasteiger partial charge on any atom is 0.225 e. The van der Waals surface area contributed by atoms with Crippen LogP contribution < -0.4 is 10.1 Å². The lowest BCUT2D eigenvalue weighted by molar-refractivity contribution is -0.116. The molecule has 1 amide bonds. The normalized spacial score (nSPS) is 10.3. The zero-order valence-electron chi connectivity index (χ0n) is 10.4. The van der Waals surface area contributed by atoms with Crippen molar-refractivity contribution in [3.8, 4) is 5.75 Å². The Hall–Kier alpha value is -1.60. The summed E-state index contributed by atoms with van der Waals surface area (Å²) in [6, 6.07) is 5.38. The summed E-state index contributed by atoms with van der Waals surface area (Å²) in [5.74, 6) is 0.878. The highest BCUT2D eigenvalue weighted by atomic mass is 79.9. The van der Waals surface area contributed by atoms with Crippen LogP contribution in [0.1, 0.15) is 12.8 Å². The number of benzene rings is 1. The van der Waals surface area contributed by atoms with Gasteiger partial charge in [-0.05, 0) is 24.6 Å². The van der Waals surface area contributed by atoms with E-state index in [1.54, 1.807) is 12.1 Å². The number of amides is 1. The fourth-order valence-electron chi connectivity index (χ4n) is 1.47. The average molecular weight is 360 g/mol. The Morgan fingerprint density at radius 1 is 1.50 bits per heavy atom. The molecule has 1 aromatic heterocycles. The molecule has 6 nitrogen and oxygen atoms in total. The van der Waals surface area contributed by atoms with E-state index in [4.69, 9.17) is 16.3 Å². The molecule has 0 saturated heterocycles. The first kappa shape index (κ1) is 14.8. The number of aromatic amines is 1. The third-order valence-corrected chi connectivity index (χ3v) is 3.17. The number of anilines is 1. The van der Waals surface area contributed by atoms with E-state index in [-0.39, 0.29) is 5.91 Å². The van der Waals surface area contributed by atoms with Gasteiger partial charge in [-0.1, -0.05) is 27.5 Å². The first-order valence-electron chi connectivity index (χ1n) is 5.88. The number of hydrogen-bond donors (Lipinski definition) is 2. The summed E-state index contributed by atoms with van der Waals surface area (Å²) in [6.07, 6.45) is 2.35. The van der Waals surface area contributed by atoms with Crippen LogP contribution in [0.15, 0.2) is 28.9 Å². The number of nitrogens with one attached hydrogen (secondary N) is 2. The van der Waals surface area contributed by atoms with Gasteiger partial charge in [0.1, 0.15) is 5.75 Å². The van der Waals surface area contributed by atoms with Crippen molar-refractivity contribution in [2.75, 3.05) is 11.9 Å². The van der Waals surface area contributed by atoms with Crippen LogP contribution in [0.25, 0.3) is 0 Å². The Balaban J connectivity index is 1.69. The Bertz CT molecular complexity index is 577. The van der Waals surface area contributed by atoms with Crippen molar-refractivity contribution in [3.63, 3.8) is 0 Å². The number of ether oxygens (including phenoxy) is 1. The zero-order valence-corrected chi connectivity index (χ0v) is 12.7. The van der Waals surface area contributed by atoms with Crippen molar-refractivity contribution >= 4 is 39.3 Å². The van der Waals surface area contributed by atoms with Gasteiger partial charge in [0, 0.05) is 10.9 Å². The lowest BCUT2D eigenvalue weighted by Gasteiger charge is -2.08. The first-order chi connectivity index (χ1) is 9.65. The quantitative estimate of drug-likeness (QED) is 0.777. The van der Waals surface area contributed by atoms with Crippen LogP contribution in [0.2, 0.25) is 5.02 Å². The van der Waals surface area contributed by atoms with Crippen molar-refractivity contribution in [3.05, 3.63) is 33.9 Å². The van der Waals surface area contributed by atoms with Crippen molar-refractivity contribution in [1.29, 1.82) is 0 Å². The van der Waals surface area contributed by atoms with E-state index in [9.17, 15) is 4.79 Å². The predicted octanol–water partition coefficient (Wildman–Crippen LogP) is 3.02. The van der Waals surface area contributed by atoms with Crippen LogP contribution in [-0.4, -0.2) is 27.9 Å². The minimum absolute atomic E-state index is 0.135. The number of halogens is 2. The largest absolute Gasteiger partial charge is 0.492 e. The van der Waals surface area contributed by atoms with Crippen LogP contribution >= 0.6 is 27.5 Å². The Morgan fingerprint density at radius 3 is 3.05 bits per heavy atom. The number of rotatable bonds is 6. The molecular formula is C12H12BrClN4O2. The van der Waals surface area contributed by atoms with Crippen molar-refractivity contribution in [2.24, 2.45) is 0 Å². The molecule has 2 N–H and O–H groups in total. The molecule has 0 atom stereocenters. The monoisotopic (exact) mass is 358 g/mol. The molecule has 0 radical (unpaired) electrons. The number of H-pyrrole nitrogens is 1. The van der Waals surface area contributed by atoms with E-state index < -0.39 is 0 Å². The highest BCUT2D eigenvalue weighted by Crippen LogP contribution is 2.27. The van der Waals surface area contributed by atoms with Gasteiger partial charge in [-0.3, -0.25) is 4.79 Å². The third kappa shape index (κ3) is 4.50. The summed E-state index contributed by atoms with van der Waals surface area (Å²) in [7, 11) is 0. The van der Waals surface area contributed by atoms with E-state index in [0.717, 1.165) is 4.47 Å². The molecule has 20 heavy (non-hydrogen) atoms. The van der Waals surface area contributed by atoms with Gasteiger partial charge in [0.15, 0.2) is 5.82 Å². The van der Waals surface area contributed by atoms with Gasteiger partial charge >= 0.3 is 0 Å². The highest BCUT2D eigenvalue weighted by Gasteiger charge is 2.05. The summed E-state index contributed by atoms with van der Waals surface area (Å²) in [4.78, 5) is 11.6. The van der Waals surface area contributed by atoms with Crippen LogP contribution in [0.4, 0.5) is 5.82 Å². The molecule has 1 aromatic carbocycles. The summed E-state index contributed by atoms with van der Waals surface area (Å²) >= 11 is 9.33. The molecule has 2 rings (SSSR count). The minimum Gasteiger partial charge on any atom is -0.492 e. The number of carbonyl (C=O) groups excluding carboxylic acids is 1. The van der Waals surface area contributed by atoms with Gasteiger partial charge in [0.25, 0.3) is 0 Å². The lowest BCUT2D eigenvalue weighted by Crippen LogP contribution is -2.13. The average Bonchev–Trinajstić information content (AvgIpc) is 2.89. The fourth-order valence-corrected chi connectivity index (χ4v) is 2.20. The van der Waals surface area contributed by atoms with Crippen LogP contribution in [-0.2, 0) is 4.79 Å². The Labute approximate surface area is 129 Å². The number of nitrogens with zero attached hydrogens (tertiary/aromatic N) is 2.